The van der Waals surface area contributed by atoms with Crippen LogP contribution in [0, 0.1) is 23.2 Å². The number of nitrogens with zero attached hydrogens (tertiary/aromatic N) is 1. The summed E-state index contributed by atoms with van der Waals surface area (Å²) in [5.41, 5.74) is -0.702. The second kappa shape index (κ2) is 2.97. The van der Waals surface area contributed by atoms with Crippen molar-refractivity contribution >= 4 is 17.8 Å². The number of hydrogen-bond acceptors (Lipinski definition) is 3. The zero-order valence-corrected chi connectivity index (χ0v) is 9.42. The molecule has 0 aromatic carbocycles. The second-order valence-corrected chi connectivity index (χ2v) is 5.27. The number of hydrogen-bond donors (Lipinski definition) is 1. The predicted octanol–water partition coefficient (Wildman–Crippen LogP) is 0.268. The molecule has 4 atom stereocenters. The number of allylic oxidation sites excluding steroid dienone is 2. The fourth-order valence-corrected chi connectivity index (χ4v) is 3.67. The van der Waals surface area contributed by atoms with Gasteiger partial charge >= 0.3 is 5.97 Å². The van der Waals surface area contributed by atoms with Crippen molar-refractivity contribution in [3.8, 4) is 0 Å². The fourth-order valence-electron chi connectivity index (χ4n) is 3.67. The number of fused-ring (bicyclic) bond motifs is 5. The van der Waals surface area contributed by atoms with Gasteiger partial charge in [-0.1, -0.05) is 12.2 Å². The number of carboxylic acids is 1. The van der Waals surface area contributed by atoms with Gasteiger partial charge < -0.3 is 5.11 Å². The van der Waals surface area contributed by atoms with Gasteiger partial charge in [0.05, 0.1) is 11.3 Å². The van der Waals surface area contributed by atoms with Gasteiger partial charge in [-0.15, -0.1) is 0 Å². The van der Waals surface area contributed by atoms with Crippen LogP contribution < -0.4 is 0 Å². The number of aliphatic carboxylic acids is 1. The summed E-state index contributed by atoms with van der Waals surface area (Å²) in [6, 6.07) is 0. The highest BCUT2D eigenvalue weighted by atomic mass is 16.4. The molecule has 0 radical (unpaired) electrons. The summed E-state index contributed by atoms with van der Waals surface area (Å²) in [7, 11) is 0. The first kappa shape index (κ1) is 10.5. The van der Waals surface area contributed by atoms with E-state index in [-0.39, 0.29) is 29.6 Å². The molecule has 2 aliphatic carbocycles. The summed E-state index contributed by atoms with van der Waals surface area (Å²) < 4.78 is 0. The highest BCUT2D eigenvalue weighted by molar-refractivity contribution is 6.10. The number of rotatable bonds is 2. The monoisotopic (exact) mass is 235 g/mol. The molecular formula is C12H13NO4. The molecule has 2 amide bonds. The highest BCUT2D eigenvalue weighted by Gasteiger charge is 2.67. The maximum absolute atomic E-state index is 12.3. The van der Waals surface area contributed by atoms with E-state index >= 15 is 0 Å². The first-order valence-corrected chi connectivity index (χ1v) is 5.72. The zero-order valence-electron chi connectivity index (χ0n) is 9.42. The molecule has 2 fully saturated rings. The Bertz CT molecular complexity index is 469. The largest absolute Gasteiger partial charge is 0.480 e. The van der Waals surface area contributed by atoms with Crippen LogP contribution in [0.15, 0.2) is 12.2 Å². The average Bonchev–Trinajstić information content (AvgIpc) is 2.87. The third-order valence-electron chi connectivity index (χ3n) is 4.49. The van der Waals surface area contributed by atoms with Crippen molar-refractivity contribution < 1.29 is 19.5 Å². The van der Waals surface area contributed by atoms with Gasteiger partial charge in [-0.25, -0.2) is 0 Å². The van der Waals surface area contributed by atoms with Gasteiger partial charge in [-0.3, -0.25) is 19.3 Å². The van der Waals surface area contributed by atoms with E-state index in [1.165, 1.54) is 0 Å². The summed E-state index contributed by atoms with van der Waals surface area (Å²) in [6.07, 6.45) is 4.84. The van der Waals surface area contributed by atoms with Crippen molar-refractivity contribution in [2.75, 3.05) is 6.54 Å². The molecule has 17 heavy (non-hydrogen) atoms. The van der Waals surface area contributed by atoms with Crippen LogP contribution in [0.4, 0.5) is 0 Å². The van der Waals surface area contributed by atoms with Crippen molar-refractivity contribution in [1.29, 1.82) is 0 Å². The van der Waals surface area contributed by atoms with Crippen LogP contribution >= 0.6 is 0 Å². The summed E-state index contributed by atoms with van der Waals surface area (Å²) in [6.45, 7) is 1.29. The average molecular weight is 235 g/mol. The van der Waals surface area contributed by atoms with Crippen molar-refractivity contribution in [2.24, 2.45) is 23.2 Å². The predicted molar refractivity (Wildman–Crippen MR) is 56.7 cm³/mol. The molecule has 3 rings (SSSR count). The lowest BCUT2D eigenvalue weighted by atomic mass is 9.71. The molecule has 5 heteroatoms. The molecular weight excluding hydrogens is 222 g/mol. The SMILES string of the molecule is C[C@]12C(=O)N(CC(=O)O)C(=O)[C@H]1[C@H]1C=C[C@H]2C1. The Morgan fingerprint density at radius 3 is 2.82 bits per heavy atom. The second-order valence-electron chi connectivity index (χ2n) is 5.27. The lowest BCUT2D eigenvalue weighted by molar-refractivity contribution is -0.150. The third kappa shape index (κ3) is 1.06. The molecule has 0 aromatic rings. The summed E-state index contributed by atoms with van der Waals surface area (Å²) >= 11 is 0. The van der Waals surface area contributed by atoms with E-state index in [0.29, 0.717) is 0 Å². The van der Waals surface area contributed by atoms with Gasteiger partial charge in [0.25, 0.3) is 0 Å². The Morgan fingerprint density at radius 2 is 2.24 bits per heavy atom. The molecule has 1 N–H and O–H groups in total. The maximum atomic E-state index is 12.3. The van der Waals surface area contributed by atoms with Crippen molar-refractivity contribution in [2.45, 2.75) is 13.3 Å². The van der Waals surface area contributed by atoms with Crippen LogP contribution in [0.25, 0.3) is 0 Å². The minimum atomic E-state index is -1.14. The van der Waals surface area contributed by atoms with Crippen LogP contribution in [0.2, 0.25) is 0 Å². The van der Waals surface area contributed by atoms with Crippen molar-refractivity contribution in [1.82, 2.24) is 4.90 Å². The molecule has 1 saturated carbocycles. The Balaban J connectivity index is 2.00. The molecule has 1 saturated heterocycles. The standard InChI is InChI=1S/C12H13NO4/c1-12-7-3-2-6(4-7)9(12)10(16)13(11(12)17)5-8(14)15/h2-3,6-7,9H,4-5H2,1H3,(H,14,15)/t6-,7-,9+,12+/m0/s1. The minimum absolute atomic E-state index is 0.0905. The Kier molecular flexibility index (Phi) is 1.83. The molecule has 5 nitrogen and oxygen atoms in total. The lowest BCUT2D eigenvalue weighted by Crippen LogP contribution is -2.39. The normalized spacial score (nSPS) is 42.4. The first-order chi connectivity index (χ1) is 7.96. The fraction of sp³-hybridized carbons (Fsp3) is 0.583. The maximum Gasteiger partial charge on any atom is 0.323 e. The van der Waals surface area contributed by atoms with Gasteiger partial charge in [0.1, 0.15) is 6.54 Å². The van der Waals surface area contributed by atoms with E-state index in [4.69, 9.17) is 5.11 Å². The number of amides is 2. The van der Waals surface area contributed by atoms with E-state index < -0.39 is 17.9 Å². The van der Waals surface area contributed by atoms with Crippen LogP contribution in [-0.4, -0.2) is 34.3 Å². The number of carbonyl (C=O) groups excluding carboxylic acids is 2. The Hall–Kier alpha value is -1.65. The molecule has 0 unspecified atom stereocenters. The van der Waals surface area contributed by atoms with E-state index in [0.717, 1.165) is 11.3 Å². The van der Waals surface area contributed by atoms with E-state index in [1.54, 1.807) is 6.92 Å². The van der Waals surface area contributed by atoms with Crippen LogP contribution in [0.3, 0.4) is 0 Å². The molecule has 0 aromatic heterocycles. The Labute approximate surface area is 98.1 Å². The van der Waals surface area contributed by atoms with E-state index in [1.807, 2.05) is 12.2 Å². The quantitative estimate of drug-likeness (QED) is 0.550. The Morgan fingerprint density at radius 1 is 1.53 bits per heavy atom. The van der Waals surface area contributed by atoms with Gasteiger partial charge in [0.2, 0.25) is 11.8 Å². The zero-order chi connectivity index (χ0) is 12.4. The molecule has 1 heterocycles. The number of carboxylic acid groups (broad SMARTS) is 1. The first-order valence-electron chi connectivity index (χ1n) is 5.72. The van der Waals surface area contributed by atoms with Crippen molar-refractivity contribution in [3.63, 3.8) is 0 Å². The smallest absolute Gasteiger partial charge is 0.323 e. The van der Waals surface area contributed by atoms with E-state index in [9.17, 15) is 14.4 Å². The van der Waals surface area contributed by atoms with Gasteiger partial charge in [-0.05, 0) is 25.2 Å². The minimum Gasteiger partial charge on any atom is -0.480 e. The molecule has 2 bridgehead atoms. The summed E-state index contributed by atoms with van der Waals surface area (Å²) in [5.74, 6) is -1.91. The molecule has 0 spiro atoms. The van der Waals surface area contributed by atoms with Gasteiger partial charge in [-0.2, -0.15) is 0 Å². The summed E-state index contributed by atoms with van der Waals surface area (Å²) in [5, 5.41) is 8.74. The van der Waals surface area contributed by atoms with Gasteiger partial charge in [0.15, 0.2) is 0 Å². The topological polar surface area (TPSA) is 74.7 Å². The van der Waals surface area contributed by atoms with E-state index in [2.05, 4.69) is 0 Å². The third-order valence-corrected chi connectivity index (χ3v) is 4.49. The number of carbonyl (C=O) groups is 3. The molecule has 90 valence electrons. The van der Waals surface area contributed by atoms with Gasteiger partial charge in [0, 0.05) is 0 Å². The number of imide groups is 1. The molecule has 3 aliphatic rings. The van der Waals surface area contributed by atoms with Crippen molar-refractivity contribution in [3.05, 3.63) is 12.2 Å². The van der Waals surface area contributed by atoms with Crippen LogP contribution in [-0.2, 0) is 14.4 Å². The number of likely N-dealkylation sites (tertiary alicyclic amines) is 1. The van der Waals surface area contributed by atoms with Crippen LogP contribution in [0.5, 0.6) is 0 Å². The van der Waals surface area contributed by atoms with Crippen LogP contribution in [0.1, 0.15) is 13.3 Å². The summed E-state index contributed by atoms with van der Waals surface area (Å²) in [4.78, 5) is 36.0. The molecule has 1 aliphatic heterocycles. The highest BCUT2D eigenvalue weighted by Crippen LogP contribution is 2.60. The lowest BCUT2D eigenvalue weighted by Gasteiger charge is -2.28.